The standard InChI is InChI=1S/C15H19N3O5/c1-8(2)14-17-18-15(23-14)13(19)16-9-6-10(20-3)12(22-5)11(7-9)21-4/h6-8H,1-5H3,(H,16,19). The van der Waals surface area contributed by atoms with Crippen molar-refractivity contribution in [2.45, 2.75) is 19.8 Å². The fraction of sp³-hybridized carbons (Fsp3) is 0.400. The monoisotopic (exact) mass is 321 g/mol. The van der Waals surface area contributed by atoms with E-state index in [0.717, 1.165) is 0 Å². The van der Waals surface area contributed by atoms with Gasteiger partial charge in [-0.1, -0.05) is 13.8 Å². The van der Waals surface area contributed by atoms with Gasteiger partial charge in [0.25, 0.3) is 0 Å². The van der Waals surface area contributed by atoms with Gasteiger partial charge < -0.3 is 23.9 Å². The first-order valence-electron chi connectivity index (χ1n) is 6.94. The number of nitrogens with one attached hydrogen (secondary N) is 1. The Morgan fingerprint density at radius 1 is 1.09 bits per heavy atom. The van der Waals surface area contributed by atoms with Crippen molar-refractivity contribution in [2.24, 2.45) is 0 Å². The number of methoxy groups -OCH3 is 3. The van der Waals surface area contributed by atoms with Gasteiger partial charge in [0.2, 0.25) is 11.6 Å². The minimum absolute atomic E-state index is 0.0465. The minimum atomic E-state index is -0.515. The summed E-state index contributed by atoms with van der Waals surface area (Å²) in [7, 11) is 4.50. The van der Waals surface area contributed by atoms with Gasteiger partial charge in [-0.25, -0.2) is 0 Å². The molecule has 0 unspecified atom stereocenters. The molecule has 1 N–H and O–H groups in total. The van der Waals surface area contributed by atoms with E-state index in [4.69, 9.17) is 18.6 Å². The molecule has 1 amide bonds. The normalized spacial score (nSPS) is 10.5. The average molecular weight is 321 g/mol. The summed E-state index contributed by atoms with van der Waals surface area (Å²) in [5.41, 5.74) is 0.453. The molecule has 23 heavy (non-hydrogen) atoms. The molecule has 8 heteroatoms. The van der Waals surface area contributed by atoms with Gasteiger partial charge in [0, 0.05) is 23.7 Å². The van der Waals surface area contributed by atoms with Crippen molar-refractivity contribution in [3.63, 3.8) is 0 Å². The molecular weight excluding hydrogens is 302 g/mol. The lowest BCUT2D eigenvalue weighted by Gasteiger charge is -2.14. The van der Waals surface area contributed by atoms with E-state index >= 15 is 0 Å². The highest BCUT2D eigenvalue weighted by molar-refractivity contribution is 6.01. The Bertz CT molecular complexity index is 671. The van der Waals surface area contributed by atoms with Gasteiger partial charge >= 0.3 is 11.8 Å². The second kappa shape index (κ2) is 6.99. The molecule has 0 aliphatic heterocycles. The highest BCUT2D eigenvalue weighted by Gasteiger charge is 2.19. The molecule has 1 aromatic carbocycles. The molecule has 0 radical (unpaired) electrons. The predicted octanol–water partition coefficient (Wildman–Crippen LogP) is 2.47. The van der Waals surface area contributed by atoms with Crippen LogP contribution < -0.4 is 19.5 Å². The zero-order chi connectivity index (χ0) is 17.0. The van der Waals surface area contributed by atoms with Crippen LogP contribution in [-0.4, -0.2) is 37.4 Å². The van der Waals surface area contributed by atoms with Crippen LogP contribution in [0, 0.1) is 0 Å². The second-order valence-corrected chi connectivity index (χ2v) is 4.97. The molecule has 0 spiro atoms. The van der Waals surface area contributed by atoms with E-state index in [0.29, 0.717) is 28.8 Å². The fourth-order valence-electron chi connectivity index (χ4n) is 1.90. The Labute approximate surface area is 133 Å². The molecule has 0 atom stereocenters. The van der Waals surface area contributed by atoms with Crippen LogP contribution in [0.15, 0.2) is 16.5 Å². The lowest BCUT2D eigenvalue weighted by Crippen LogP contribution is -2.12. The molecule has 0 saturated heterocycles. The molecule has 2 rings (SSSR count). The number of hydrogen-bond donors (Lipinski definition) is 1. The first-order chi connectivity index (χ1) is 11.0. The van der Waals surface area contributed by atoms with E-state index in [1.165, 1.54) is 21.3 Å². The quantitative estimate of drug-likeness (QED) is 0.873. The van der Waals surface area contributed by atoms with Gasteiger partial charge in [-0.3, -0.25) is 4.79 Å². The van der Waals surface area contributed by atoms with Crippen LogP contribution in [0.2, 0.25) is 0 Å². The number of carbonyl (C=O) groups is 1. The fourth-order valence-corrected chi connectivity index (χ4v) is 1.90. The van der Waals surface area contributed by atoms with E-state index in [2.05, 4.69) is 15.5 Å². The van der Waals surface area contributed by atoms with Crippen LogP contribution in [0.5, 0.6) is 17.2 Å². The highest BCUT2D eigenvalue weighted by Crippen LogP contribution is 2.39. The van der Waals surface area contributed by atoms with Crippen molar-refractivity contribution in [1.29, 1.82) is 0 Å². The van der Waals surface area contributed by atoms with Crippen molar-refractivity contribution >= 4 is 11.6 Å². The second-order valence-electron chi connectivity index (χ2n) is 4.97. The van der Waals surface area contributed by atoms with E-state index in [-0.39, 0.29) is 11.8 Å². The highest BCUT2D eigenvalue weighted by atomic mass is 16.5. The van der Waals surface area contributed by atoms with Gasteiger partial charge in [0.15, 0.2) is 11.5 Å². The molecule has 0 aliphatic rings. The van der Waals surface area contributed by atoms with Crippen molar-refractivity contribution in [3.05, 3.63) is 23.9 Å². The zero-order valence-electron chi connectivity index (χ0n) is 13.7. The number of nitrogens with zero attached hydrogens (tertiary/aromatic N) is 2. The minimum Gasteiger partial charge on any atom is -0.493 e. The molecule has 2 aromatic rings. The molecular formula is C15H19N3O5. The maximum absolute atomic E-state index is 12.2. The predicted molar refractivity (Wildman–Crippen MR) is 82.4 cm³/mol. The zero-order valence-corrected chi connectivity index (χ0v) is 13.7. The number of aromatic nitrogens is 2. The van der Waals surface area contributed by atoms with Crippen LogP contribution in [-0.2, 0) is 0 Å². The molecule has 1 aromatic heterocycles. The van der Waals surface area contributed by atoms with Gasteiger partial charge in [-0.2, -0.15) is 0 Å². The van der Waals surface area contributed by atoms with Crippen LogP contribution in [0.25, 0.3) is 0 Å². The lowest BCUT2D eigenvalue weighted by molar-refractivity contribution is 0.0988. The maximum Gasteiger partial charge on any atom is 0.313 e. The summed E-state index contributed by atoms with van der Waals surface area (Å²) < 4.78 is 21.0. The molecule has 0 saturated carbocycles. The lowest BCUT2D eigenvalue weighted by atomic mass is 10.2. The Morgan fingerprint density at radius 2 is 1.70 bits per heavy atom. The summed E-state index contributed by atoms with van der Waals surface area (Å²) in [4.78, 5) is 12.2. The third-order valence-corrected chi connectivity index (χ3v) is 3.05. The Balaban J connectivity index is 2.26. The molecule has 0 fully saturated rings. The summed E-state index contributed by atoms with van der Waals surface area (Å²) in [5.74, 6) is 1.12. The molecule has 0 aliphatic carbocycles. The number of ether oxygens (including phenoxy) is 3. The van der Waals surface area contributed by atoms with Gasteiger partial charge in [-0.05, 0) is 0 Å². The van der Waals surface area contributed by atoms with E-state index in [1.807, 2.05) is 13.8 Å². The van der Waals surface area contributed by atoms with E-state index < -0.39 is 5.91 Å². The summed E-state index contributed by atoms with van der Waals surface area (Å²) >= 11 is 0. The topological polar surface area (TPSA) is 95.7 Å². The van der Waals surface area contributed by atoms with Crippen molar-refractivity contribution in [3.8, 4) is 17.2 Å². The summed E-state index contributed by atoms with van der Waals surface area (Å²) in [5, 5.41) is 10.2. The van der Waals surface area contributed by atoms with Gasteiger partial charge in [0.1, 0.15) is 0 Å². The Kier molecular flexibility index (Phi) is 5.05. The van der Waals surface area contributed by atoms with Crippen LogP contribution >= 0.6 is 0 Å². The van der Waals surface area contributed by atoms with Crippen molar-refractivity contribution in [2.75, 3.05) is 26.6 Å². The third kappa shape index (κ3) is 3.53. The van der Waals surface area contributed by atoms with E-state index in [1.54, 1.807) is 12.1 Å². The van der Waals surface area contributed by atoms with Crippen molar-refractivity contribution in [1.82, 2.24) is 10.2 Å². The number of rotatable bonds is 6. The third-order valence-electron chi connectivity index (χ3n) is 3.05. The van der Waals surface area contributed by atoms with Crippen molar-refractivity contribution < 1.29 is 23.4 Å². The van der Waals surface area contributed by atoms with E-state index in [9.17, 15) is 4.79 Å². The average Bonchev–Trinajstić information content (AvgIpc) is 3.04. The summed E-state index contributed by atoms with van der Waals surface area (Å²) in [6.07, 6.45) is 0. The number of benzene rings is 1. The first kappa shape index (κ1) is 16.6. The maximum atomic E-state index is 12.2. The number of carbonyl (C=O) groups excluding carboxylic acids is 1. The molecule has 1 heterocycles. The Morgan fingerprint density at radius 3 is 2.13 bits per heavy atom. The molecule has 8 nitrogen and oxygen atoms in total. The smallest absolute Gasteiger partial charge is 0.313 e. The number of amides is 1. The van der Waals surface area contributed by atoms with Crippen LogP contribution in [0.3, 0.4) is 0 Å². The number of hydrogen-bond acceptors (Lipinski definition) is 7. The molecule has 0 bridgehead atoms. The van der Waals surface area contributed by atoms with Gasteiger partial charge in [0.05, 0.1) is 21.3 Å². The van der Waals surface area contributed by atoms with Crippen LogP contribution in [0.1, 0.15) is 36.3 Å². The summed E-state index contributed by atoms with van der Waals surface area (Å²) in [6, 6.07) is 3.22. The largest absolute Gasteiger partial charge is 0.493 e. The SMILES string of the molecule is COc1cc(NC(=O)c2nnc(C(C)C)o2)cc(OC)c1OC. The molecule has 124 valence electrons. The summed E-state index contributed by atoms with van der Waals surface area (Å²) in [6.45, 7) is 3.79. The number of anilines is 1. The first-order valence-corrected chi connectivity index (χ1v) is 6.94. The van der Waals surface area contributed by atoms with Gasteiger partial charge in [-0.15, -0.1) is 10.2 Å². The Hall–Kier alpha value is -2.77. The van der Waals surface area contributed by atoms with Crippen LogP contribution in [0.4, 0.5) is 5.69 Å².